The van der Waals surface area contributed by atoms with Crippen LogP contribution < -0.4 is 5.32 Å². The van der Waals surface area contributed by atoms with Crippen LogP contribution >= 0.6 is 0 Å². The minimum absolute atomic E-state index is 0.0261. The van der Waals surface area contributed by atoms with Crippen molar-refractivity contribution in [2.24, 2.45) is 5.41 Å². The summed E-state index contributed by atoms with van der Waals surface area (Å²) >= 11 is 0. The molecule has 3 rings (SSSR count). The molecule has 3 heteroatoms. The van der Waals surface area contributed by atoms with E-state index in [1.807, 2.05) is 24.3 Å². The molecule has 1 N–H and O–H groups in total. The molecule has 0 aliphatic heterocycles. The Kier molecular flexibility index (Phi) is 9.38. The lowest BCUT2D eigenvalue weighted by atomic mass is 9.72. The molecule has 1 aromatic heterocycles. The molecule has 0 radical (unpaired) electrons. The van der Waals surface area contributed by atoms with Gasteiger partial charge in [-0.05, 0) is 80.4 Å². The predicted molar refractivity (Wildman–Crippen MR) is 145 cm³/mol. The normalized spacial score (nSPS) is 16.6. The average Bonchev–Trinajstić information content (AvgIpc) is 3.18. The number of nitrogens with one attached hydrogen (secondary N) is 1. The van der Waals surface area contributed by atoms with E-state index in [-0.39, 0.29) is 11.3 Å². The van der Waals surface area contributed by atoms with Crippen LogP contribution in [0.3, 0.4) is 0 Å². The molecule has 0 saturated heterocycles. The maximum atomic E-state index is 12.5. The summed E-state index contributed by atoms with van der Waals surface area (Å²) in [5, 5.41) is 4.06. The molecule has 3 nitrogen and oxygen atoms in total. The lowest BCUT2D eigenvalue weighted by Crippen LogP contribution is -2.24. The SMILES string of the molecule is CCCCCCCCNC(=O)c1ccc2cc(/C=C(C)/C=C/C3=C(C)CCCC3(C)C)oc2c1. The van der Waals surface area contributed by atoms with Crippen molar-refractivity contribution >= 4 is 23.0 Å². The van der Waals surface area contributed by atoms with Gasteiger partial charge in [0.2, 0.25) is 0 Å². The van der Waals surface area contributed by atoms with Gasteiger partial charge >= 0.3 is 0 Å². The number of furan rings is 1. The highest BCUT2D eigenvalue weighted by molar-refractivity contribution is 5.97. The van der Waals surface area contributed by atoms with Crippen LogP contribution in [0.25, 0.3) is 17.0 Å². The van der Waals surface area contributed by atoms with Crippen molar-refractivity contribution in [2.75, 3.05) is 6.54 Å². The Labute approximate surface area is 206 Å². The minimum atomic E-state index is -0.0261. The van der Waals surface area contributed by atoms with Gasteiger partial charge in [-0.15, -0.1) is 0 Å². The number of benzene rings is 1. The monoisotopic (exact) mass is 461 g/mol. The molecule has 2 aromatic rings. The quantitative estimate of drug-likeness (QED) is 0.268. The van der Waals surface area contributed by atoms with Gasteiger partial charge in [0, 0.05) is 17.5 Å². The van der Waals surface area contributed by atoms with Gasteiger partial charge in [-0.2, -0.15) is 0 Å². The first-order chi connectivity index (χ1) is 16.3. The van der Waals surface area contributed by atoms with Gasteiger partial charge in [0.25, 0.3) is 5.91 Å². The van der Waals surface area contributed by atoms with E-state index in [4.69, 9.17) is 4.42 Å². The molecule has 0 saturated carbocycles. The number of rotatable bonds is 11. The second-order valence-corrected chi connectivity index (χ2v) is 10.6. The summed E-state index contributed by atoms with van der Waals surface area (Å²) in [6.45, 7) is 12.0. The molecule has 34 heavy (non-hydrogen) atoms. The fourth-order valence-electron chi connectivity index (χ4n) is 4.97. The van der Waals surface area contributed by atoms with Crippen LogP contribution in [0.15, 0.2) is 57.6 Å². The minimum Gasteiger partial charge on any atom is -0.457 e. The van der Waals surface area contributed by atoms with E-state index >= 15 is 0 Å². The molecular formula is C31H43NO2. The van der Waals surface area contributed by atoms with Crippen molar-refractivity contribution in [3.8, 4) is 0 Å². The zero-order chi connectivity index (χ0) is 24.6. The summed E-state index contributed by atoms with van der Waals surface area (Å²) in [4.78, 5) is 12.5. The Morgan fingerprint density at radius 1 is 1.12 bits per heavy atom. The molecule has 184 valence electrons. The number of carbonyl (C=O) groups is 1. The fraction of sp³-hybridized carbons (Fsp3) is 0.516. The number of hydrogen-bond donors (Lipinski definition) is 1. The van der Waals surface area contributed by atoms with E-state index in [2.05, 4.69) is 58.2 Å². The van der Waals surface area contributed by atoms with Crippen LogP contribution in [-0.4, -0.2) is 12.5 Å². The summed E-state index contributed by atoms with van der Waals surface area (Å²) in [6.07, 6.45) is 17.6. The second-order valence-electron chi connectivity index (χ2n) is 10.6. The maximum Gasteiger partial charge on any atom is 0.251 e. The molecule has 1 aliphatic rings. The first-order valence-electron chi connectivity index (χ1n) is 13.2. The van der Waals surface area contributed by atoms with Gasteiger partial charge in [0.1, 0.15) is 11.3 Å². The van der Waals surface area contributed by atoms with Crippen molar-refractivity contribution in [3.63, 3.8) is 0 Å². The van der Waals surface area contributed by atoms with E-state index < -0.39 is 0 Å². The number of fused-ring (bicyclic) bond motifs is 1. The maximum absolute atomic E-state index is 12.5. The molecule has 0 unspecified atom stereocenters. The van der Waals surface area contributed by atoms with Crippen molar-refractivity contribution in [1.82, 2.24) is 5.32 Å². The van der Waals surface area contributed by atoms with Crippen molar-refractivity contribution in [1.29, 1.82) is 0 Å². The molecule has 1 amide bonds. The third-order valence-corrected chi connectivity index (χ3v) is 7.04. The molecule has 0 bridgehead atoms. The first-order valence-corrected chi connectivity index (χ1v) is 13.2. The van der Waals surface area contributed by atoms with Crippen LogP contribution in [0, 0.1) is 5.41 Å². The van der Waals surface area contributed by atoms with Gasteiger partial charge in [-0.25, -0.2) is 0 Å². The number of hydrogen-bond acceptors (Lipinski definition) is 2. The Morgan fingerprint density at radius 3 is 2.65 bits per heavy atom. The first kappa shape index (κ1) is 26.1. The Bertz CT molecular complexity index is 1060. The molecule has 1 heterocycles. The summed E-state index contributed by atoms with van der Waals surface area (Å²) in [5.74, 6) is 0.789. The fourth-order valence-corrected chi connectivity index (χ4v) is 4.97. The Hall–Kier alpha value is -2.55. The molecular weight excluding hydrogens is 418 g/mol. The van der Waals surface area contributed by atoms with Crippen molar-refractivity contribution < 1.29 is 9.21 Å². The van der Waals surface area contributed by atoms with Crippen LogP contribution in [0.1, 0.15) is 109 Å². The van der Waals surface area contributed by atoms with Gasteiger partial charge in [0.15, 0.2) is 0 Å². The van der Waals surface area contributed by atoms with Crippen molar-refractivity contribution in [3.05, 3.63) is 64.5 Å². The molecule has 0 fully saturated rings. The van der Waals surface area contributed by atoms with Crippen molar-refractivity contribution in [2.45, 2.75) is 92.4 Å². The molecule has 0 atom stereocenters. The van der Waals surface area contributed by atoms with Gasteiger partial charge < -0.3 is 9.73 Å². The highest BCUT2D eigenvalue weighted by Crippen LogP contribution is 2.40. The smallest absolute Gasteiger partial charge is 0.251 e. The van der Waals surface area contributed by atoms with E-state index in [1.54, 1.807) is 0 Å². The predicted octanol–water partition coefficient (Wildman–Crippen LogP) is 9.01. The Morgan fingerprint density at radius 2 is 1.88 bits per heavy atom. The highest BCUT2D eigenvalue weighted by atomic mass is 16.3. The summed E-state index contributed by atoms with van der Waals surface area (Å²) < 4.78 is 6.06. The zero-order valence-corrected chi connectivity index (χ0v) is 21.9. The van der Waals surface area contributed by atoms with E-state index in [0.29, 0.717) is 5.56 Å². The number of carbonyl (C=O) groups excluding carboxylic acids is 1. The Balaban J connectivity index is 1.61. The van der Waals surface area contributed by atoms with Crippen LogP contribution in [-0.2, 0) is 0 Å². The van der Waals surface area contributed by atoms with Gasteiger partial charge in [0.05, 0.1) is 0 Å². The standard InChI is InChI=1S/C31H43NO2/c1-6-7-8-9-10-11-19-32-30(33)26-16-15-25-21-27(34-29(25)22-26)20-23(2)14-17-28-24(3)13-12-18-31(28,4)5/h14-17,20-22H,6-13,18-19H2,1-5H3,(H,32,33)/b17-14+,23-20+. The summed E-state index contributed by atoms with van der Waals surface area (Å²) in [7, 11) is 0. The summed E-state index contributed by atoms with van der Waals surface area (Å²) in [6, 6.07) is 7.75. The molecule has 1 aromatic carbocycles. The average molecular weight is 462 g/mol. The van der Waals surface area contributed by atoms with Crippen LogP contribution in [0.5, 0.6) is 0 Å². The third-order valence-electron chi connectivity index (χ3n) is 7.04. The summed E-state index contributed by atoms with van der Waals surface area (Å²) in [5.41, 5.74) is 5.77. The topological polar surface area (TPSA) is 42.2 Å². The largest absolute Gasteiger partial charge is 0.457 e. The lowest BCUT2D eigenvalue weighted by Gasteiger charge is -2.32. The number of amides is 1. The van der Waals surface area contributed by atoms with E-state index in [1.165, 1.54) is 62.5 Å². The highest BCUT2D eigenvalue weighted by Gasteiger charge is 2.26. The van der Waals surface area contributed by atoms with Gasteiger partial charge in [-0.1, -0.05) is 76.7 Å². The zero-order valence-electron chi connectivity index (χ0n) is 21.9. The van der Waals surface area contributed by atoms with E-state index in [9.17, 15) is 4.79 Å². The number of allylic oxidation sites excluding steroid dienone is 5. The molecule has 0 spiro atoms. The van der Waals surface area contributed by atoms with Crippen LogP contribution in [0.2, 0.25) is 0 Å². The molecule has 1 aliphatic carbocycles. The van der Waals surface area contributed by atoms with Gasteiger partial charge in [-0.3, -0.25) is 4.79 Å². The second kappa shape index (κ2) is 12.2. The lowest BCUT2D eigenvalue weighted by molar-refractivity contribution is 0.0953. The third kappa shape index (κ3) is 7.22. The number of unbranched alkanes of at least 4 members (excludes halogenated alkanes) is 5. The van der Waals surface area contributed by atoms with Crippen LogP contribution in [0.4, 0.5) is 0 Å². The van der Waals surface area contributed by atoms with E-state index in [0.717, 1.165) is 35.3 Å².